The second kappa shape index (κ2) is 6.38. The van der Waals surface area contributed by atoms with Gasteiger partial charge in [-0.1, -0.05) is 24.3 Å². The van der Waals surface area contributed by atoms with Crippen molar-refractivity contribution in [2.75, 3.05) is 6.61 Å². The lowest BCUT2D eigenvalue weighted by atomic mass is 9.90. The third kappa shape index (κ3) is 2.68. The van der Waals surface area contributed by atoms with Crippen molar-refractivity contribution in [1.29, 1.82) is 0 Å². The maximum absolute atomic E-state index is 11.7. The van der Waals surface area contributed by atoms with Crippen molar-refractivity contribution < 1.29 is 19.7 Å². The average molecular weight is 352 g/mol. The van der Waals surface area contributed by atoms with Crippen LogP contribution in [0.5, 0.6) is 11.5 Å². The summed E-state index contributed by atoms with van der Waals surface area (Å²) in [5.41, 5.74) is 3.70. The van der Waals surface area contributed by atoms with E-state index in [1.54, 1.807) is 12.1 Å². The van der Waals surface area contributed by atoms with Crippen molar-refractivity contribution in [3.63, 3.8) is 0 Å². The fourth-order valence-electron chi connectivity index (χ4n) is 3.65. The number of phenolic OH excluding ortho intramolecular Hbond substituents is 1. The number of hydrogen-bond acceptors (Lipinski definition) is 4. The van der Waals surface area contributed by atoms with Crippen molar-refractivity contribution in [1.82, 2.24) is 10.3 Å². The second-order valence-corrected chi connectivity index (χ2v) is 6.42. The molecule has 1 aromatic heterocycles. The maximum atomic E-state index is 11.7. The van der Waals surface area contributed by atoms with Crippen molar-refractivity contribution in [2.24, 2.45) is 0 Å². The quantitative estimate of drug-likeness (QED) is 0.579. The largest absolute Gasteiger partial charge is 0.504 e. The minimum atomic E-state index is -0.888. The molecule has 0 radical (unpaired) electrons. The number of benzene rings is 2. The summed E-state index contributed by atoms with van der Waals surface area (Å²) in [6.07, 6.45) is 0.411. The molecule has 134 valence electrons. The molecule has 0 fully saturated rings. The zero-order chi connectivity index (χ0) is 18.3. The molecule has 0 bridgehead atoms. The summed E-state index contributed by atoms with van der Waals surface area (Å²) in [5.74, 6) is -0.430. The molecule has 2 atom stereocenters. The van der Waals surface area contributed by atoms with Gasteiger partial charge in [0.25, 0.3) is 0 Å². The first kappa shape index (κ1) is 16.5. The molecule has 0 spiro atoms. The number of ether oxygens (including phenoxy) is 1. The van der Waals surface area contributed by atoms with Crippen molar-refractivity contribution in [3.8, 4) is 11.5 Å². The third-order valence-corrected chi connectivity index (χ3v) is 4.83. The number of fused-ring (bicyclic) bond motifs is 3. The van der Waals surface area contributed by atoms with Gasteiger partial charge in [-0.05, 0) is 36.2 Å². The first-order valence-electron chi connectivity index (χ1n) is 8.62. The Balaban J connectivity index is 1.83. The zero-order valence-corrected chi connectivity index (χ0v) is 14.3. The molecule has 0 saturated carbocycles. The van der Waals surface area contributed by atoms with Crippen molar-refractivity contribution in [3.05, 3.63) is 59.3 Å². The highest BCUT2D eigenvalue weighted by molar-refractivity contribution is 5.87. The monoisotopic (exact) mass is 352 g/mol. The molecule has 3 aromatic rings. The van der Waals surface area contributed by atoms with Crippen LogP contribution in [0.25, 0.3) is 10.9 Å². The van der Waals surface area contributed by atoms with Gasteiger partial charge in [-0.3, -0.25) is 10.1 Å². The first-order valence-corrected chi connectivity index (χ1v) is 8.62. The van der Waals surface area contributed by atoms with E-state index in [0.717, 1.165) is 27.7 Å². The van der Waals surface area contributed by atoms with Crippen LogP contribution < -0.4 is 10.1 Å². The fourth-order valence-corrected chi connectivity index (χ4v) is 3.65. The molecule has 4 rings (SSSR count). The number of carboxylic acid groups (broad SMARTS) is 1. The lowest BCUT2D eigenvalue weighted by Crippen LogP contribution is -2.44. The normalized spacial score (nSPS) is 19.3. The van der Waals surface area contributed by atoms with E-state index in [-0.39, 0.29) is 11.8 Å². The highest BCUT2D eigenvalue weighted by Crippen LogP contribution is 2.37. The molecular weight excluding hydrogens is 332 g/mol. The molecule has 1 aliphatic heterocycles. The number of para-hydroxylation sites is 1. The summed E-state index contributed by atoms with van der Waals surface area (Å²) in [7, 11) is 0. The van der Waals surface area contributed by atoms with Gasteiger partial charge < -0.3 is 19.9 Å². The van der Waals surface area contributed by atoms with Crippen LogP contribution >= 0.6 is 0 Å². The molecule has 0 aliphatic carbocycles. The predicted octanol–water partition coefficient (Wildman–Crippen LogP) is 2.96. The van der Waals surface area contributed by atoms with E-state index < -0.39 is 12.0 Å². The van der Waals surface area contributed by atoms with E-state index in [0.29, 0.717) is 18.8 Å². The van der Waals surface area contributed by atoms with Gasteiger partial charge in [0, 0.05) is 23.0 Å². The predicted molar refractivity (Wildman–Crippen MR) is 97.7 cm³/mol. The third-order valence-electron chi connectivity index (χ3n) is 4.83. The number of H-pyrrole nitrogens is 1. The Hall–Kier alpha value is -2.99. The number of carbonyl (C=O) groups is 1. The number of nitrogens with one attached hydrogen (secondary N) is 2. The molecule has 26 heavy (non-hydrogen) atoms. The molecule has 2 heterocycles. The van der Waals surface area contributed by atoms with Gasteiger partial charge >= 0.3 is 5.97 Å². The van der Waals surface area contributed by atoms with Crippen molar-refractivity contribution in [2.45, 2.75) is 25.4 Å². The Kier molecular flexibility index (Phi) is 4.05. The lowest BCUT2D eigenvalue weighted by molar-refractivity contribution is -0.139. The minimum Gasteiger partial charge on any atom is -0.504 e. The number of aliphatic carboxylic acids is 1. The average Bonchev–Trinajstić information content (AvgIpc) is 3.01. The number of aromatic amines is 1. The highest BCUT2D eigenvalue weighted by atomic mass is 16.5. The number of carboxylic acids is 1. The Morgan fingerprint density at radius 2 is 2.08 bits per heavy atom. The Labute approximate surface area is 150 Å². The Morgan fingerprint density at radius 3 is 2.81 bits per heavy atom. The van der Waals surface area contributed by atoms with Gasteiger partial charge in [0.2, 0.25) is 0 Å². The summed E-state index contributed by atoms with van der Waals surface area (Å²) in [6, 6.07) is 12.0. The van der Waals surface area contributed by atoms with Crippen LogP contribution in [0.15, 0.2) is 42.5 Å². The molecule has 6 heteroatoms. The summed E-state index contributed by atoms with van der Waals surface area (Å²) >= 11 is 0. The second-order valence-electron chi connectivity index (χ2n) is 6.42. The lowest BCUT2D eigenvalue weighted by Gasteiger charge is -2.29. The van der Waals surface area contributed by atoms with E-state index in [9.17, 15) is 15.0 Å². The number of hydrogen-bond donors (Lipinski definition) is 4. The van der Waals surface area contributed by atoms with Crippen LogP contribution in [0, 0.1) is 0 Å². The van der Waals surface area contributed by atoms with Gasteiger partial charge in [0.1, 0.15) is 6.04 Å². The van der Waals surface area contributed by atoms with E-state index in [4.69, 9.17) is 4.74 Å². The summed E-state index contributed by atoms with van der Waals surface area (Å²) < 4.78 is 5.38. The van der Waals surface area contributed by atoms with Gasteiger partial charge in [-0.25, -0.2) is 0 Å². The van der Waals surface area contributed by atoms with E-state index in [1.165, 1.54) is 0 Å². The van der Waals surface area contributed by atoms with Gasteiger partial charge in [-0.2, -0.15) is 0 Å². The Bertz CT molecular complexity index is 979. The molecular formula is C20H20N2O4. The molecule has 0 amide bonds. The molecule has 6 nitrogen and oxygen atoms in total. The van der Waals surface area contributed by atoms with E-state index >= 15 is 0 Å². The van der Waals surface area contributed by atoms with Crippen molar-refractivity contribution >= 4 is 16.9 Å². The number of aromatic nitrogens is 1. The van der Waals surface area contributed by atoms with Crippen LogP contribution in [0.2, 0.25) is 0 Å². The maximum Gasteiger partial charge on any atom is 0.321 e. The molecule has 1 aliphatic rings. The number of aromatic hydroxyl groups is 1. The van der Waals surface area contributed by atoms with Gasteiger partial charge in [0.05, 0.1) is 12.6 Å². The smallest absolute Gasteiger partial charge is 0.321 e. The van der Waals surface area contributed by atoms with Crippen LogP contribution in [-0.4, -0.2) is 33.8 Å². The van der Waals surface area contributed by atoms with E-state index in [2.05, 4.69) is 10.3 Å². The first-order chi connectivity index (χ1) is 12.6. The summed E-state index contributed by atoms with van der Waals surface area (Å²) in [4.78, 5) is 15.1. The van der Waals surface area contributed by atoms with Crippen LogP contribution in [0.1, 0.15) is 29.8 Å². The molecule has 0 saturated heterocycles. The SMILES string of the molecule is CCOc1ccc(C2NC(C(=O)O)Cc3c2[nH]c2ccccc32)cc1O. The van der Waals surface area contributed by atoms with Crippen LogP contribution in [0.3, 0.4) is 0 Å². The zero-order valence-electron chi connectivity index (χ0n) is 14.3. The fraction of sp³-hybridized carbons (Fsp3) is 0.250. The van der Waals surface area contributed by atoms with Gasteiger partial charge in [-0.15, -0.1) is 0 Å². The Morgan fingerprint density at radius 1 is 1.27 bits per heavy atom. The highest BCUT2D eigenvalue weighted by Gasteiger charge is 2.34. The van der Waals surface area contributed by atoms with Gasteiger partial charge in [0.15, 0.2) is 11.5 Å². The molecule has 2 unspecified atom stereocenters. The standard InChI is InChI=1S/C20H20N2O4/c1-2-26-17-8-7-11(9-16(17)23)18-19-13(10-15(22-18)20(24)25)12-5-3-4-6-14(12)21-19/h3-9,15,18,21-23H,2,10H2,1H3,(H,24,25). The number of rotatable bonds is 4. The summed E-state index contributed by atoms with van der Waals surface area (Å²) in [5, 5.41) is 24.0. The molecule has 2 aromatic carbocycles. The molecule has 4 N–H and O–H groups in total. The van der Waals surface area contributed by atoms with Crippen LogP contribution in [0.4, 0.5) is 0 Å². The van der Waals surface area contributed by atoms with Crippen LogP contribution in [-0.2, 0) is 11.2 Å². The summed E-state index contributed by atoms with van der Waals surface area (Å²) in [6.45, 7) is 2.31. The number of phenols is 1. The minimum absolute atomic E-state index is 0.0428. The van der Waals surface area contributed by atoms with E-state index in [1.807, 2.05) is 37.3 Å². The topological polar surface area (TPSA) is 94.6 Å².